The second-order valence-corrected chi connectivity index (χ2v) is 5.28. The summed E-state index contributed by atoms with van der Waals surface area (Å²) in [5.74, 6) is 1.17. The minimum atomic E-state index is 0.485. The molecule has 0 aliphatic carbocycles. The van der Waals surface area contributed by atoms with Gasteiger partial charge in [0.25, 0.3) is 0 Å². The summed E-state index contributed by atoms with van der Waals surface area (Å²) >= 11 is 7.67. The Kier molecular flexibility index (Phi) is 3.77. The molecule has 0 unspecified atom stereocenters. The van der Waals surface area contributed by atoms with Gasteiger partial charge in [-0.15, -0.1) is 0 Å². The average molecular weight is 284 g/mol. The zero-order valence-electron chi connectivity index (χ0n) is 10.4. The smallest absolute Gasteiger partial charge is 0.190 e. The molecule has 0 amide bonds. The maximum Gasteiger partial charge on any atom is 0.190 e. The van der Waals surface area contributed by atoms with Crippen LogP contribution in [0.5, 0.6) is 0 Å². The van der Waals surface area contributed by atoms with E-state index in [1.165, 1.54) is 11.8 Å². The first-order chi connectivity index (χ1) is 8.47. The van der Waals surface area contributed by atoms with Crippen LogP contribution in [0.4, 0.5) is 5.82 Å². The van der Waals surface area contributed by atoms with Crippen molar-refractivity contribution < 1.29 is 0 Å². The van der Waals surface area contributed by atoms with Crippen molar-refractivity contribution in [2.75, 3.05) is 5.73 Å². The van der Waals surface area contributed by atoms with Crippen molar-refractivity contribution in [3.05, 3.63) is 28.2 Å². The first-order valence-corrected chi connectivity index (χ1v) is 6.75. The minimum absolute atomic E-state index is 0.485. The van der Waals surface area contributed by atoms with Crippen LogP contribution in [-0.2, 0) is 12.8 Å². The van der Waals surface area contributed by atoms with Crippen molar-refractivity contribution in [2.24, 2.45) is 7.05 Å². The van der Waals surface area contributed by atoms with Crippen LogP contribution in [-0.4, -0.2) is 19.7 Å². The summed E-state index contributed by atoms with van der Waals surface area (Å²) in [7, 11) is 1.82. The third kappa shape index (κ3) is 2.76. The Labute approximate surface area is 115 Å². The molecular weight excluding hydrogens is 270 g/mol. The van der Waals surface area contributed by atoms with Gasteiger partial charge in [0.15, 0.2) is 5.16 Å². The fourth-order valence-electron chi connectivity index (χ4n) is 1.60. The third-order valence-corrected chi connectivity index (χ3v) is 3.82. The van der Waals surface area contributed by atoms with Crippen LogP contribution in [0.1, 0.15) is 17.0 Å². The molecule has 0 aromatic carbocycles. The number of nitrogens with two attached hydrogens (primary N) is 1. The highest BCUT2D eigenvalue weighted by molar-refractivity contribution is 7.98. The number of anilines is 1. The van der Waals surface area contributed by atoms with Crippen LogP contribution >= 0.6 is 23.4 Å². The molecule has 96 valence electrons. The lowest BCUT2D eigenvalue weighted by molar-refractivity contribution is 0.757. The molecule has 2 heterocycles. The van der Waals surface area contributed by atoms with Gasteiger partial charge in [-0.3, -0.25) is 4.68 Å². The van der Waals surface area contributed by atoms with Gasteiger partial charge in [-0.2, -0.15) is 5.10 Å². The van der Waals surface area contributed by atoms with E-state index in [2.05, 4.69) is 15.1 Å². The van der Waals surface area contributed by atoms with Crippen molar-refractivity contribution >= 4 is 29.2 Å². The average Bonchev–Trinajstić information content (AvgIpc) is 2.50. The summed E-state index contributed by atoms with van der Waals surface area (Å²) in [5.41, 5.74) is 8.48. The van der Waals surface area contributed by atoms with Crippen LogP contribution in [0, 0.1) is 13.8 Å². The first-order valence-electron chi connectivity index (χ1n) is 5.39. The maximum absolute atomic E-state index is 6.16. The van der Waals surface area contributed by atoms with Gasteiger partial charge in [-0.1, -0.05) is 23.4 Å². The first kappa shape index (κ1) is 13.2. The van der Waals surface area contributed by atoms with E-state index in [9.17, 15) is 0 Å². The minimum Gasteiger partial charge on any atom is -0.384 e. The molecule has 0 fully saturated rings. The molecule has 5 nitrogen and oxygen atoms in total. The van der Waals surface area contributed by atoms with Crippen LogP contribution in [0.3, 0.4) is 0 Å². The Bertz CT molecular complexity index is 561. The Balaban J connectivity index is 2.16. The monoisotopic (exact) mass is 283 g/mol. The molecule has 0 atom stereocenters. The van der Waals surface area contributed by atoms with E-state index in [0.29, 0.717) is 21.9 Å². The summed E-state index contributed by atoms with van der Waals surface area (Å²) in [6.07, 6.45) is 0. The third-order valence-electron chi connectivity index (χ3n) is 2.47. The van der Waals surface area contributed by atoms with E-state index in [1.807, 2.05) is 20.9 Å². The van der Waals surface area contributed by atoms with Gasteiger partial charge in [0, 0.05) is 30.1 Å². The highest BCUT2D eigenvalue weighted by atomic mass is 35.5. The van der Waals surface area contributed by atoms with E-state index in [0.717, 1.165) is 17.0 Å². The van der Waals surface area contributed by atoms with Crippen molar-refractivity contribution in [2.45, 2.75) is 24.8 Å². The lowest BCUT2D eigenvalue weighted by Gasteiger charge is -2.03. The number of halogens is 1. The number of hydrogen-bond acceptors (Lipinski definition) is 5. The standard InChI is InChI=1S/C11H14ClN5S/c1-6-4-9(13)15-11(14-6)18-5-8-7(2)16-17(3)10(8)12/h4H,5H2,1-3H3,(H2,13,14,15). The van der Waals surface area contributed by atoms with Crippen molar-refractivity contribution in [3.63, 3.8) is 0 Å². The van der Waals surface area contributed by atoms with Gasteiger partial charge in [0.2, 0.25) is 0 Å². The summed E-state index contributed by atoms with van der Waals surface area (Å²) in [5, 5.41) is 5.58. The SMILES string of the molecule is Cc1cc(N)nc(SCc2c(C)nn(C)c2Cl)n1. The number of hydrogen-bond donors (Lipinski definition) is 1. The largest absolute Gasteiger partial charge is 0.384 e. The lowest BCUT2D eigenvalue weighted by Crippen LogP contribution is -1.97. The number of rotatable bonds is 3. The normalized spacial score (nSPS) is 10.9. The number of aryl methyl sites for hydroxylation is 3. The Morgan fingerprint density at radius 2 is 2.11 bits per heavy atom. The molecule has 0 bridgehead atoms. The van der Waals surface area contributed by atoms with E-state index in [1.54, 1.807) is 10.7 Å². The predicted octanol–water partition coefficient (Wildman–Crippen LogP) is 2.35. The molecule has 0 aliphatic rings. The highest BCUT2D eigenvalue weighted by Gasteiger charge is 2.12. The molecular formula is C11H14ClN5S. The summed E-state index contributed by atoms with van der Waals surface area (Å²) < 4.78 is 1.66. The topological polar surface area (TPSA) is 69.6 Å². The van der Waals surface area contributed by atoms with Crippen LogP contribution in [0.25, 0.3) is 0 Å². The number of aromatic nitrogens is 4. The number of nitrogen functional groups attached to an aromatic ring is 1. The molecule has 0 saturated carbocycles. The summed E-state index contributed by atoms with van der Waals surface area (Å²) in [6, 6.07) is 1.74. The van der Waals surface area contributed by atoms with Crippen LogP contribution in [0.15, 0.2) is 11.2 Å². The van der Waals surface area contributed by atoms with E-state index < -0.39 is 0 Å². The second kappa shape index (κ2) is 5.16. The predicted molar refractivity (Wildman–Crippen MR) is 73.7 cm³/mol. The fourth-order valence-corrected chi connectivity index (χ4v) is 2.92. The molecule has 0 aliphatic heterocycles. The molecule has 0 spiro atoms. The Morgan fingerprint density at radius 1 is 1.39 bits per heavy atom. The number of nitrogens with zero attached hydrogens (tertiary/aromatic N) is 4. The molecule has 2 aromatic heterocycles. The van der Waals surface area contributed by atoms with Gasteiger partial charge >= 0.3 is 0 Å². The zero-order valence-corrected chi connectivity index (χ0v) is 12.0. The van der Waals surface area contributed by atoms with E-state index >= 15 is 0 Å². The lowest BCUT2D eigenvalue weighted by atomic mass is 10.3. The van der Waals surface area contributed by atoms with Crippen LogP contribution < -0.4 is 5.73 Å². The second-order valence-electron chi connectivity index (χ2n) is 3.98. The quantitative estimate of drug-likeness (QED) is 0.692. The van der Waals surface area contributed by atoms with Gasteiger partial charge in [-0.05, 0) is 13.8 Å². The van der Waals surface area contributed by atoms with Gasteiger partial charge in [0.05, 0.1) is 5.69 Å². The number of thioether (sulfide) groups is 1. The Morgan fingerprint density at radius 3 is 2.67 bits per heavy atom. The molecule has 2 aromatic rings. The van der Waals surface area contributed by atoms with Crippen LogP contribution in [0.2, 0.25) is 5.15 Å². The van der Waals surface area contributed by atoms with Crippen molar-refractivity contribution in [3.8, 4) is 0 Å². The summed E-state index contributed by atoms with van der Waals surface area (Å²) in [4.78, 5) is 8.49. The van der Waals surface area contributed by atoms with Crippen molar-refractivity contribution in [1.82, 2.24) is 19.7 Å². The zero-order chi connectivity index (χ0) is 13.3. The molecule has 2 N–H and O–H groups in total. The molecule has 7 heteroatoms. The Hall–Kier alpha value is -1.27. The maximum atomic E-state index is 6.16. The van der Waals surface area contributed by atoms with Gasteiger partial charge < -0.3 is 5.73 Å². The fraction of sp³-hybridized carbons (Fsp3) is 0.364. The van der Waals surface area contributed by atoms with Crippen molar-refractivity contribution in [1.29, 1.82) is 0 Å². The molecule has 0 radical (unpaired) electrons. The molecule has 2 rings (SSSR count). The summed E-state index contributed by atoms with van der Waals surface area (Å²) in [6.45, 7) is 3.83. The van der Waals surface area contributed by atoms with E-state index in [4.69, 9.17) is 17.3 Å². The van der Waals surface area contributed by atoms with Gasteiger partial charge in [0.1, 0.15) is 11.0 Å². The van der Waals surface area contributed by atoms with E-state index in [-0.39, 0.29) is 0 Å². The molecule has 18 heavy (non-hydrogen) atoms. The van der Waals surface area contributed by atoms with Gasteiger partial charge in [-0.25, -0.2) is 9.97 Å². The molecule has 0 saturated heterocycles. The highest BCUT2D eigenvalue weighted by Crippen LogP contribution is 2.27.